The average molecular weight is 506 g/mol. The van der Waals surface area contributed by atoms with Crippen molar-refractivity contribution in [3.63, 3.8) is 0 Å². The molecule has 7 nitrogen and oxygen atoms in total. The predicted molar refractivity (Wildman–Crippen MR) is 108 cm³/mol. The Morgan fingerprint density at radius 1 is 1.20 bits per heavy atom. The van der Waals surface area contributed by atoms with Crippen LogP contribution in [0.4, 0.5) is 32.0 Å². The molecule has 0 bridgehead atoms. The first kappa shape index (κ1) is 26.3. The summed E-state index contributed by atoms with van der Waals surface area (Å²) in [5.74, 6) is -6.52. The Balaban J connectivity index is 2.04. The van der Waals surface area contributed by atoms with E-state index in [-0.39, 0.29) is 16.9 Å². The second kappa shape index (κ2) is 9.72. The van der Waals surface area contributed by atoms with Crippen molar-refractivity contribution in [3.8, 4) is 5.75 Å². The molecule has 35 heavy (non-hydrogen) atoms. The van der Waals surface area contributed by atoms with Gasteiger partial charge >= 0.3 is 18.8 Å². The molecule has 1 aliphatic rings. The third kappa shape index (κ3) is 5.19. The number of nitrogens with one attached hydrogen (secondary N) is 1. The van der Waals surface area contributed by atoms with Crippen LogP contribution < -0.4 is 10.1 Å². The molecular formula is C22H20F6N2O5. The Bertz CT molecular complexity index is 1110. The zero-order chi connectivity index (χ0) is 26.1. The minimum Gasteiger partial charge on any atom is -0.464 e. The summed E-state index contributed by atoms with van der Waals surface area (Å²) < 4.78 is 95.7. The van der Waals surface area contributed by atoms with Gasteiger partial charge in [0, 0.05) is 35.3 Å². The van der Waals surface area contributed by atoms with Crippen LogP contribution in [-0.4, -0.2) is 48.5 Å². The Hall–Kier alpha value is -3.35. The molecule has 1 saturated heterocycles. The molecule has 1 fully saturated rings. The molecule has 0 spiro atoms. The zero-order valence-electron chi connectivity index (χ0n) is 18.5. The topological polar surface area (TPSA) is 86.8 Å². The molecule has 2 aromatic rings. The van der Waals surface area contributed by atoms with Gasteiger partial charge in [0.1, 0.15) is 23.4 Å². The Labute approximate surface area is 195 Å². The SMILES string of the molecule is COC(=O)c1cc(NC(=O)[C@@H]2O[C@@](C)(C(F)(F)F)[C@@H](C)[C@H]2c2ccc(F)cc2OC(F)F)ccn1. The smallest absolute Gasteiger partial charge is 0.417 e. The monoisotopic (exact) mass is 506 g/mol. The fourth-order valence-electron chi connectivity index (χ4n) is 3.94. The summed E-state index contributed by atoms with van der Waals surface area (Å²) in [7, 11) is 1.10. The minimum absolute atomic E-state index is 0.0100. The van der Waals surface area contributed by atoms with E-state index < -0.39 is 59.8 Å². The molecule has 0 radical (unpaired) electrons. The van der Waals surface area contributed by atoms with Gasteiger partial charge in [-0.1, -0.05) is 13.0 Å². The highest BCUT2D eigenvalue weighted by molar-refractivity contribution is 5.96. The second-order valence-electron chi connectivity index (χ2n) is 7.93. The number of ether oxygens (including phenoxy) is 3. The second-order valence-corrected chi connectivity index (χ2v) is 7.93. The first-order chi connectivity index (χ1) is 16.3. The normalized spacial score (nSPS) is 24.3. The molecule has 3 rings (SSSR count). The summed E-state index contributed by atoms with van der Waals surface area (Å²) in [6.45, 7) is -1.53. The van der Waals surface area contributed by atoms with Crippen molar-refractivity contribution in [2.24, 2.45) is 5.92 Å². The molecule has 1 N–H and O–H groups in total. The molecule has 1 aromatic carbocycles. The summed E-state index contributed by atoms with van der Waals surface area (Å²) in [6, 6.07) is 4.82. The van der Waals surface area contributed by atoms with Crippen LogP contribution in [0.2, 0.25) is 0 Å². The number of alkyl halides is 5. The highest BCUT2D eigenvalue weighted by Crippen LogP contribution is 2.54. The number of rotatable bonds is 6. The lowest BCUT2D eigenvalue weighted by Crippen LogP contribution is -2.47. The van der Waals surface area contributed by atoms with Gasteiger partial charge in [-0.3, -0.25) is 4.79 Å². The Morgan fingerprint density at radius 3 is 2.49 bits per heavy atom. The Kier molecular flexibility index (Phi) is 7.29. The summed E-state index contributed by atoms with van der Waals surface area (Å²) in [5.41, 5.74) is -3.32. The van der Waals surface area contributed by atoms with Crippen LogP contribution in [0.1, 0.15) is 35.8 Å². The van der Waals surface area contributed by atoms with Crippen LogP contribution in [0, 0.1) is 11.7 Å². The van der Waals surface area contributed by atoms with Crippen molar-refractivity contribution in [1.82, 2.24) is 4.98 Å². The molecule has 0 aliphatic carbocycles. The molecule has 2 heterocycles. The highest BCUT2D eigenvalue weighted by Gasteiger charge is 2.65. The van der Waals surface area contributed by atoms with E-state index in [0.29, 0.717) is 6.07 Å². The van der Waals surface area contributed by atoms with E-state index in [0.717, 1.165) is 45.4 Å². The third-order valence-corrected chi connectivity index (χ3v) is 5.90. The lowest BCUT2D eigenvalue weighted by molar-refractivity contribution is -0.272. The van der Waals surface area contributed by atoms with Gasteiger partial charge in [0.25, 0.3) is 5.91 Å². The minimum atomic E-state index is -4.95. The number of aromatic nitrogens is 1. The molecule has 4 atom stereocenters. The number of hydrogen-bond donors (Lipinski definition) is 1. The van der Waals surface area contributed by atoms with E-state index in [2.05, 4.69) is 19.8 Å². The number of benzene rings is 1. The molecular weight excluding hydrogens is 486 g/mol. The number of carbonyl (C=O) groups is 2. The quantitative estimate of drug-likeness (QED) is 0.452. The van der Waals surface area contributed by atoms with Gasteiger partial charge in [0.2, 0.25) is 0 Å². The number of anilines is 1. The Morgan fingerprint density at radius 2 is 1.89 bits per heavy atom. The van der Waals surface area contributed by atoms with Gasteiger partial charge in [-0.15, -0.1) is 0 Å². The van der Waals surface area contributed by atoms with Crippen LogP contribution in [0.3, 0.4) is 0 Å². The summed E-state index contributed by atoms with van der Waals surface area (Å²) in [6.07, 6.45) is -5.64. The van der Waals surface area contributed by atoms with Crippen LogP contribution in [0.15, 0.2) is 36.5 Å². The number of pyridine rings is 1. The molecule has 190 valence electrons. The summed E-state index contributed by atoms with van der Waals surface area (Å²) >= 11 is 0. The molecule has 0 saturated carbocycles. The summed E-state index contributed by atoms with van der Waals surface area (Å²) in [5, 5.41) is 2.34. The number of amides is 1. The van der Waals surface area contributed by atoms with Crippen molar-refractivity contribution >= 4 is 17.6 Å². The fourth-order valence-corrected chi connectivity index (χ4v) is 3.94. The van der Waals surface area contributed by atoms with Crippen LogP contribution in [0.25, 0.3) is 0 Å². The molecule has 1 amide bonds. The number of halogens is 6. The maximum absolute atomic E-state index is 14.0. The van der Waals surface area contributed by atoms with Gasteiger partial charge in [-0.25, -0.2) is 14.2 Å². The van der Waals surface area contributed by atoms with Crippen molar-refractivity contribution in [2.45, 2.75) is 44.3 Å². The van der Waals surface area contributed by atoms with Crippen molar-refractivity contribution in [2.75, 3.05) is 12.4 Å². The molecule has 1 aliphatic heterocycles. The van der Waals surface area contributed by atoms with E-state index in [9.17, 15) is 35.9 Å². The van der Waals surface area contributed by atoms with Gasteiger partial charge in [0.15, 0.2) is 5.60 Å². The zero-order valence-corrected chi connectivity index (χ0v) is 18.5. The lowest BCUT2D eigenvalue weighted by Gasteiger charge is -2.32. The highest BCUT2D eigenvalue weighted by atomic mass is 19.4. The van der Waals surface area contributed by atoms with Crippen LogP contribution in [-0.2, 0) is 14.3 Å². The number of hydrogen-bond acceptors (Lipinski definition) is 6. The lowest BCUT2D eigenvalue weighted by atomic mass is 9.77. The average Bonchev–Trinajstić information content (AvgIpc) is 3.05. The van der Waals surface area contributed by atoms with Crippen LogP contribution in [0.5, 0.6) is 5.75 Å². The largest absolute Gasteiger partial charge is 0.464 e. The third-order valence-electron chi connectivity index (χ3n) is 5.90. The maximum atomic E-state index is 14.0. The molecule has 0 unspecified atom stereocenters. The van der Waals surface area contributed by atoms with Crippen molar-refractivity contribution in [1.29, 1.82) is 0 Å². The first-order valence-electron chi connectivity index (χ1n) is 10.1. The van der Waals surface area contributed by atoms with E-state index in [4.69, 9.17) is 4.74 Å². The maximum Gasteiger partial charge on any atom is 0.417 e. The van der Waals surface area contributed by atoms with Gasteiger partial charge in [0.05, 0.1) is 7.11 Å². The van der Waals surface area contributed by atoms with Gasteiger partial charge in [-0.05, 0) is 25.1 Å². The molecule has 13 heteroatoms. The van der Waals surface area contributed by atoms with E-state index in [1.165, 1.54) is 6.07 Å². The van der Waals surface area contributed by atoms with Gasteiger partial charge < -0.3 is 19.5 Å². The van der Waals surface area contributed by atoms with Crippen LogP contribution >= 0.6 is 0 Å². The fraction of sp³-hybridized carbons (Fsp3) is 0.409. The van der Waals surface area contributed by atoms with E-state index in [1.54, 1.807) is 0 Å². The summed E-state index contributed by atoms with van der Waals surface area (Å²) in [4.78, 5) is 28.6. The number of carbonyl (C=O) groups excluding carboxylic acids is 2. The van der Waals surface area contributed by atoms with E-state index in [1.807, 2.05) is 0 Å². The number of nitrogens with zero attached hydrogens (tertiary/aromatic N) is 1. The standard InChI is InChI=1S/C22H20F6N2O5/c1-10-16(13-5-4-11(23)8-15(13)34-20(24)25)17(35-21(10,2)22(26,27)28)18(31)30-12-6-7-29-14(9-12)19(32)33-3/h4-10,16-17,20H,1-3H3,(H,29,30,31)/t10-,16-,17+,21+/m0/s1. The van der Waals surface area contributed by atoms with E-state index >= 15 is 0 Å². The number of methoxy groups -OCH3 is 1. The number of esters is 1. The van der Waals surface area contributed by atoms with Gasteiger partial charge in [-0.2, -0.15) is 22.0 Å². The first-order valence-corrected chi connectivity index (χ1v) is 10.1. The molecule has 1 aromatic heterocycles. The van der Waals surface area contributed by atoms with Crippen molar-refractivity contribution in [3.05, 3.63) is 53.6 Å². The predicted octanol–water partition coefficient (Wildman–Crippen LogP) is 4.69. The van der Waals surface area contributed by atoms with Crippen molar-refractivity contribution < 1.29 is 50.1 Å².